The first-order valence-electron chi connectivity index (χ1n) is 23.8. The summed E-state index contributed by atoms with van der Waals surface area (Å²) in [5.74, 6) is -0.920. The van der Waals surface area contributed by atoms with Crippen molar-refractivity contribution in [3.05, 3.63) is 60.8 Å². The second kappa shape index (κ2) is 45.8. The molecule has 0 saturated heterocycles. The molecule has 0 aliphatic rings. The predicted molar refractivity (Wildman–Crippen MR) is 242 cm³/mol. The van der Waals surface area contributed by atoms with Crippen LogP contribution in [0.3, 0.4) is 0 Å². The van der Waals surface area contributed by atoms with E-state index in [0.29, 0.717) is 19.3 Å². The van der Waals surface area contributed by atoms with Crippen molar-refractivity contribution in [2.24, 2.45) is 0 Å². The Morgan fingerprint density at radius 3 is 1.11 bits per heavy atom. The van der Waals surface area contributed by atoms with Crippen LogP contribution in [-0.4, -0.2) is 37.2 Å². The lowest BCUT2D eigenvalue weighted by Crippen LogP contribution is -2.30. The zero-order valence-corrected chi connectivity index (χ0v) is 37.3. The molecule has 0 aromatic heterocycles. The lowest BCUT2D eigenvalue weighted by molar-refractivity contribution is -0.167. The normalized spacial score (nSPS) is 12.5. The molecule has 0 fully saturated rings. The lowest BCUT2D eigenvalue weighted by Gasteiger charge is -2.18. The molecule has 0 aromatic rings. The van der Waals surface area contributed by atoms with E-state index < -0.39 is 6.10 Å². The Hall–Kier alpha value is -2.89. The fourth-order valence-corrected chi connectivity index (χ4v) is 6.43. The van der Waals surface area contributed by atoms with Crippen LogP contribution in [0.4, 0.5) is 0 Å². The molecule has 0 aromatic carbocycles. The van der Waals surface area contributed by atoms with Crippen molar-refractivity contribution >= 4 is 17.9 Å². The number of hydrogen-bond donors (Lipinski definition) is 0. The monoisotopic (exact) mass is 797 g/mol. The van der Waals surface area contributed by atoms with E-state index in [4.69, 9.17) is 14.2 Å². The number of hydrogen-bond acceptors (Lipinski definition) is 6. The molecule has 0 heterocycles. The maximum atomic E-state index is 12.7. The van der Waals surface area contributed by atoms with Crippen molar-refractivity contribution in [3.8, 4) is 0 Å². The van der Waals surface area contributed by atoms with Crippen molar-refractivity contribution in [3.63, 3.8) is 0 Å². The first-order valence-corrected chi connectivity index (χ1v) is 23.8. The third kappa shape index (κ3) is 44.1. The minimum absolute atomic E-state index is 0.0838. The Morgan fingerprint density at radius 2 is 0.684 bits per heavy atom. The van der Waals surface area contributed by atoms with Gasteiger partial charge in [-0.15, -0.1) is 0 Å². The molecule has 0 radical (unpaired) electrons. The van der Waals surface area contributed by atoms with Crippen molar-refractivity contribution in [1.82, 2.24) is 0 Å². The highest BCUT2D eigenvalue weighted by Gasteiger charge is 2.19. The van der Waals surface area contributed by atoms with E-state index in [2.05, 4.69) is 81.5 Å². The fraction of sp³-hybridized carbons (Fsp3) is 0.745. The predicted octanol–water partition coefficient (Wildman–Crippen LogP) is 15.3. The zero-order valence-electron chi connectivity index (χ0n) is 37.3. The molecular weight excluding hydrogens is 709 g/mol. The van der Waals surface area contributed by atoms with Gasteiger partial charge in [0.05, 0.1) is 0 Å². The maximum Gasteiger partial charge on any atom is 0.306 e. The Bertz CT molecular complexity index is 1050. The van der Waals surface area contributed by atoms with E-state index in [-0.39, 0.29) is 31.1 Å². The molecule has 1 atom stereocenters. The van der Waals surface area contributed by atoms with Crippen molar-refractivity contribution in [2.45, 2.75) is 232 Å². The average Bonchev–Trinajstić information content (AvgIpc) is 3.21. The van der Waals surface area contributed by atoms with Crippen LogP contribution in [0.25, 0.3) is 0 Å². The summed E-state index contributed by atoms with van der Waals surface area (Å²) in [6, 6.07) is 0. The first-order chi connectivity index (χ1) is 28.0. The molecule has 0 spiro atoms. The number of unbranched alkanes of at least 4 members (excludes halogenated alkanes) is 21. The van der Waals surface area contributed by atoms with Crippen LogP contribution in [0.5, 0.6) is 0 Å². The van der Waals surface area contributed by atoms with Gasteiger partial charge >= 0.3 is 17.9 Å². The fourth-order valence-electron chi connectivity index (χ4n) is 6.43. The molecule has 1 unspecified atom stereocenters. The summed E-state index contributed by atoms with van der Waals surface area (Å²) in [5.41, 5.74) is 0. The molecule has 57 heavy (non-hydrogen) atoms. The average molecular weight is 797 g/mol. The van der Waals surface area contributed by atoms with Gasteiger partial charge in [-0.25, -0.2) is 0 Å². The third-order valence-electron chi connectivity index (χ3n) is 10.0. The van der Waals surface area contributed by atoms with Gasteiger partial charge in [-0.3, -0.25) is 14.4 Å². The van der Waals surface area contributed by atoms with Gasteiger partial charge < -0.3 is 14.2 Å². The molecule has 0 bridgehead atoms. The molecule has 0 N–H and O–H groups in total. The quantitative estimate of drug-likeness (QED) is 0.0265. The van der Waals surface area contributed by atoms with Gasteiger partial charge in [0.25, 0.3) is 0 Å². The number of ether oxygens (including phenoxy) is 3. The summed E-state index contributed by atoms with van der Waals surface area (Å²) in [7, 11) is 0. The Balaban J connectivity index is 4.21. The highest BCUT2D eigenvalue weighted by molar-refractivity contribution is 5.71. The van der Waals surface area contributed by atoms with Crippen LogP contribution in [0, 0.1) is 0 Å². The minimum Gasteiger partial charge on any atom is -0.462 e. The van der Waals surface area contributed by atoms with E-state index in [9.17, 15) is 14.4 Å². The van der Waals surface area contributed by atoms with Gasteiger partial charge in [0.15, 0.2) is 6.10 Å². The number of rotatable bonds is 42. The summed E-state index contributed by atoms with van der Waals surface area (Å²) < 4.78 is 16.6. The maximum absolute atomic E-state index is 12.7. The van der Waals surface area contributed by atoms with Gasteiger partial charge in [0, 0.05) is 19.3 Å². The summed E-state index contributed by atoms with van der Waals surface area (Å²) in [6.45, 7) is 6.39. The highest BCUT2D eigenvalue weighted by atomic mass is 16.6. The van der Waals surface area contributed by atoms with E-state index in [1.807, 2.05) is 0 Å². The summed E-state index contributed by atoms with van der Waals surface area (Å²) in [6.07, 6.45) is 55.2. The van der Waals surface area contributed by atoms with Gasteiger partial charge in [-0.05, 0) is 83.5 Å². The first kappa shape index (κ1) is 54.1. The van der Waals surface area contributed by atoms with Crippen LogP contribution in [0.15, 0.2) is 60.8 Å². The SMILES string of the molecule is CC/C=C\C/C=C\C/C=C\CCCCCCCC(=O)OC(COC(=O)CCCCCCC)COC(=O)CCCCCCCCCCC/C=C\C/C=C\CCCCC. The number of esters is 3. The van der Waals surface area contributed by atoms with Gasteiger partial charge in [-0.2, -0.15) is 0 Å². The van der Waals surface area contributed by atoms with Crippen LogP contribution in [0.1, 0.15) is 226 Å². The van der Waals surface area contributed by atoms with Gasteiger partial charge in [-0.1, -0.05) is 184 Å². The molecular formula is C51H88O6. The van der Waals surface area contributed by atoms with Crippen molar-refractivity contribution < 1.29 is 28.6 Å². The van der Waals surface area contributed by atoms with Crippen LogP contribution in [-0.2, 0) is 28.6 Å². The Labute approximate surface area is 351 Å². The molecule has 0 aliphatic heterocycles. The van der Waals surface area contributed by atoms with E-state index in [1.54, 1.807) is 0 Å². The second-order valence-corrected chi connectivity index (χ2v) is 15.6. The highest BCUT2D eigenvalue weighted by Crippen LogP contribution is 2.14. The molecule has 0 rings (SSSR count). The molecule has 6 nitrogen and oxygen atoms in total. The molecule has 0 amide bonds. The molecule has 0 saturated carbocycles. The lowest BCUT2D eigenvalue weighted by atomic mass is 10.1. The summed E-state index contributed by atoms with van der Waals surface area (Å²) >= 11 is 0. The number of carbonyl (C=O) groups excluding carboxylic acids is 3. The molecule has 6 heteroatoms. The van der Waals surface area contributed by atoms with Crippen molar-refractivity contribution in [2.75, 3.05) is 13.2 Å². The number of allylic oxidation sites excluding steroid dienone is 10. The zero-order chi connectivity index (χ0) is 41.5. The second-order valence-electron chi connectivity index (χ2n) is 15.6. The van der Waals surface area contributed by atoms with E-state index >= 15 is 0 Å². The number of carbonyl (C=O) groups is 3. The van der Waals surface area contributed by atoms with Crippen molar-refractivity contribution in [1.29, 1.82) is 0 Å². The summed E-state index contributed by atoms with van der Waals surface area (Å²) in [5, 5.41) is 0. The largest absolute Gasteiger partial charge is 0.462 e. The summed E-state index contributed by atoms with van der Waals surface area (Å²) in [4.78, 5) is 37.6. The van der Waals surface area contributed by atoms with Crippen LogP contribution < -0.4 is 0 Å². The standard InChI is InChI=1S/C51H88O6/c1-4-7-10-13-15-17-19-21-23-24-25-26-28-29-31-33-35-38-41-44-50(53)56-47-48(46-55-49(52)43-40-37-12-9-6-3)57-51(54)45-42-39-36-34-32-30-27-22-20-18-16-14-11-8-5-2/h8,11,15-18,21-23,27,48H,4-7,9-10,12-14,19-20,24-26,28-47H2,1-3H3/b11-8-,17-15-,18-16-,23-21-,27-22-. The molecule has 328 valence electrons. The topological polar surface area (TPSA) is 78.9 Å². The smallest absolute Gasteiger partial charge is 0.306 e. The molecule has 0 aliphatic carbocycles. The van der Waals surface area contributed by atoms with Gasteiger partial charge in [0.2, 0.25) is 0 Å². The third-order valence-corrected chi connectivity index (χ3v) is 10.0. The van der Waals surface area contributed by atoms with Crippen LogP contribution >= 0.6 is 0 Å². The Kier molecular flexibility index (Phi) is 43.5. The van der Waals surface area contributed by atoms with Crippen LogP contribution in [0.2, 0.25) is 0 Å². The van der Waals surface area contributed by atoms with E-state index in [1.165, 1.54) is 77.0 Å². The minimum atomic E-state index is -0.779. The van der Waals surface area contributed by atoms with Gasteiger partial charge in [0.1, 0.15) is 13.2 Å². The Morgan fingerprint density at radius 1 is 0.368 bits per heavy atom. The van der Waals surface area contributed by atoms with E-state index in [0.717, 1.165) is 109 Å².